The molecule has 0 N–H and O–H groups in total. The van der Waals surface area contributed by atoms with Crippen molar-refractivity contribution in [2.45, 2.75) is 91.6 Å². The van der Waals surface area contributed by atoms with Gasteiger partial charge in [0.2, 0.25) is 0 Å². The van der Waals surface area contributed by atoms with E-state index in [9.17, 15) is 0 Å². The molecule has 1 atom stereocenters. The van der Waals surface area contributed by atoms with Gasteiger partial charge in [0.05, 0.1) is 22.1 Å². The molecule has 4 heteroatoms. The van der Waals surface area contributed by atoms with Gasteiger partial charge in [-0.1, -0.05) is 163 Å². The third kappa shape index (κ3) is 8.04. The average molecular weight is 941 g/mol. The van der Waals surface area contributed by atoms with E-state index in [1.807, 2.05) is 0 Å². The Balaban J connectivity index is 1.09. The van der Waals surface area contributed by atoms with Crippen LogP contribution in [0.2, 0.25) is 0 Å². The van der Waals surface area contributed by atoms with Gasteiger partial charge < -0.3 is 18.3 Å². The van der Waals surface area contributed by atoms with E-state index in [1.165, 1.54) is 38.1 Å². The zero-order chi connectivity index (χ0) is 49.7. The van der Waals surface area contributed by atoms with Crippen molar-refractivity contribution in [1.82, 2.24) is 9.13 Å². The molecule has 1 unspecified atom stereocenters. The van der Waals surface area contributed by atoms with Crippen molar-refractivity contribution < 1.29 is 9.15 Å². The molecule has 0 bridgehead atoms. The Morgan fingerprint density at radius 3 is 1.57 bits per heavy atom. The Kier molecular flexibility index (Phi) is 12.1. The SMILES string of the molecule is C=C(/C=C(\C=C(/C)n1c2ccccc2c2ccccc21)n1c2ccccc2c2ccccc21)c1ccc2oc3ccc(-c4cc(C(C)(CC)CC)cc(-c5ccccc5)c4OC(C)(CC)CCC)cc3c2c1. The quantitative estimate of drug-likeness (QED) is 0.0960. The van der Waals surface area contributed by atoms with Gasteiger partial charge in [0.15, 0.2) is 0 Å². The fourth-order valence-electron chi connectivity index (χ4n) is 11.2. The lowest BCUT2D eigenvalue weighted by atomic mass is 9.75. The van der Waals surface area contributed by atoms with Crippen molar-refractivity contribution in [3.05, 3.63) is 206 Å². The van der Waals surface area contributed by atoms with E-state index in [4.69, 9.17) is 15.7 Å². The summed E-state index contributed by atoms with van der Waals surface area (Å²) in [4.78, 5) is 0. The smallest absolute Gasteiger partial charge is 0.135 e. The van der Waals surface area contributed by atoms with Gasteiger partial charge in [0, 0.05) is 54.8 Å². The van der Waals surface area contributed by atoms with E-state index in [1.54, 1.807) is 0 Å². The van der Waals surface area contributed by atoms with Gasteiger partial charge in [-0.05, 0) is 146 Å². The maximum Gasteiger partial charge on any atom is 0.135 e. The van der Waals surface area contributed by atoms with Crippen LogP contribution < -0.4 is 4.74 Å². The number of ether oxygens (including phenoxy) is 1. The summed E-state index contributed by atoms with van der Waals surface area (Å²) in [7, 11) is 0. The Morgan fingerprint density at radius 1 is 0.528 bits per heavy atom. The van der Waals surface area contributed by atoms with Crippen molar-refractivity contribution in [3.63, 3.8) is 0 Å². The summed E-state index contributed by atoms with van der Waals surface area (Å²) >= 11 is 0. The van der Waals surface area contributed by atoms with Crippen molar-refractivity contribution in [2.24, 2.45) is 0 Å². The van der Waals surface area contributed by atoms with Crippen LogP contribution in [0.3, 0.4) is 0 Å². The minimum Gasteiger partial charge on any atom is -0.486 e. The van der Waals surface area contributed by atoms with Gasteiger partial charge in [0.25, 0.3) is 0 Å². The highest BCUT2D eigenvalue weighted by Crippen LogP contribution is 2.48. The number of benzene rings is 8. The molecule has 4 nitrogen and oxygen atoms in total. The molecule has 358 valence electrons. The second kappa shape index (κ2) is 18.7. The molecule has 11 aromatic rings. The molecule has 72 heavy (non-hydrogen) atoms. The number of fused-ring (bicyclic) bond motifs is 9. The van der Waals surface area contributed by atoms with E-state index in [0.717, 1.165) is 116 Å². The van der Waals surface area contributed by atoms with Crippen LogP contribution in [-0.4, -0.2) is 14.7 Å². The van der Waals surface area contributed by atoms with Crippen LogP contribution in [0.4, 0.5) is 0 Å². The number of hydrogen-bond acceptors (Lipinski definition) is 2. The maximum absolute atomic E-state index is 7.39. The zero-order valence-electron chi connectivity index (χ0n) is 42.9. The topological polar surface area (TPSA) is 32.2 Å². The van der Waals surface area contributed by atoms with Crippen LogP contribution in [0.25, 0.3) is 105 Å². The van der Waals surface area contributed by atoms with E-state index in [-0.39, 0.29) is 11.0 Å². The highest BCUT2D eigenvalue weighted by molar-refractivity contribution is 6.13. The molecule has 0 fully saturated rings. The number of aromatic nitrogens is 2. The summed E-state index contributed by atoms with van der Waals surface area (Å²) in [6.07, 6.45) is 9.53. The lowest BCUT2D eigenvalue weighted by molar-refractivity contribution is 0.0754. The Morgan fingerprint density at radius 2 is 1.03 bits per heavy atom. The monoisotopic (exact) mass is 940 g/mol. The van der Waals surface area contributed by atoms with Crippen LogP contribution >= 0.6 is 0 Å². The van der Waals surface area contributed by atoms with Crippen molar-refractivity contribution >= 4 is 82.5 Å². The molecule has 3 heterocycles. The number of furan rings is 1. The summed E-state index contributed by atoms with van der Waals surface area (Å²) in [6.45, 7) is 20.8. The van der Waals surface area contributed by atoms with E-state index >= 15 is 0 Å². The van der Waals surface area contributed by atoms with E-state index in [2.05, 4.69) is 246 Å². The van der Waals surface area contributed by atoms with Crippen LogP contribution in [-0.2, 0) is 5.41 Å². The molecule has 11 rings (SSSR count). The van der Waals surface area contributed by atoms with Gasteiger partial charge in [0.1, 0.15) is 22.5 Å². The van der Waals surface area contributed by atoms with Crippen LogP contribution in [0.5, 0.6) is 5.75 Å². The molecule has 8 aromatic carbocycles. The van der Waals surface area contributed by atoms with Gasteiger partial charge >= 0.3 is 0 Å². The summed E-state index contributed by atoms with van der Waals surface area (Å²) in [6, 6.07) is 63.7. The summed E-state index contributed by atoms with van der Waals surface area (Å²) < 4.78 is 18.8. The molecule has 0 amide bonds. The fraction of sp³-hybridized carbons (Fsp3) is 0.206. The van der Waals surface area contributed by atoms with Crippen LogP contribution in [0.1, 0.15) is 91.7 Å². The van der Waals surface area contributed by atoms with Gasteiger partial charge in [-0.2, -0.15) is 0 Å². The normalized spacial score (nSPS) is 13.5. The molecule has 0 aliphatic carbocycles. The third-order valence-corrected chi connectivity index (χ3v) is 15.9. The van der Waals surface area contributed by atoms with Gasteiger partial charge in [-0.3, -0.25) is 0 Å². The molecule has 3 aromatic heterocycles. The molecular weight excluding hydrogens is 877 g/mol. The largest absolute Gasteiger partial charge is 0.486 e. The number of hydrogen-bond donors (Lipinski definition) is 0. The lowest BCUT2D eigenvalue weighted by Gasteiger charge is -2.34. The van der Waals surface area contributed by atoms with Crippen molar-refractivity contribution in [1.29, 1.82) is 0 Å². The number of rotatable bonds is 15. The summed E-state index contributed by atoms with van der Waals surface area (Å²) in [5.74, 6) is 0.936. The summed E-state index contributed by atoms with van der Waals surface area (Å²) in [5.41, 5.74) is 15.9. The average Bonchev–Trinajstić information content (AvgIpc) is 4.08. The first-order valence-corrected chi connectivity index (χ1v) is 26.0. The molecular formula is C68H64N2O2. The first-order valence-electron chi connectivity index (χ1n) is 26.0. The van der Waals surface area contributed by atoms with Crippen molar-refractivity contribution in [3.8, 4) is 28.0 Å². The van der Waals surface area contributed by atoms with Gasteiger partial charge in [-0.15, -0.1) is 0 Å². The summed E-state index contributed by atoms with van der Waals surface area (Å²) in [5, 5.41) is 7.00. The minimum absolute atomic E-state index is 0.0151. The molecule has 0 aliphatic heterocycles. The highest BCUT2D eigenvalue weighted by Gasteiger charge is 2.31. The van der Waals surface area contributed by atoms with Gasteiger partial charge in [-0.25, -0.2) is 0 Å². The standard InChI is InChI=1S/C68H64N2O2/c1-9-38-68(8,12-4)72-66-56(47-24-14-13-15-25-47)43-50(67(7,10-2)11-3)44-57(66)49-35-37-65-59(42-49)58-41-48(34-36-64(58)71-65)45(5)39-51(70-62-32-22-18-28-54(62)55-29-19-23-33-63(55)70)40-46(6)69-60-30-20-16-26-52(60)53-27-17-21-31-61(53)69/h13-37,39-44H,5,9-12,38H2,1-4,6-8H3/b46-40+,51-39+. The van der Waals surface area contributed by atoms with E-state index < -0.39 is 0 Å². The molecule has 0 saturated heterocycles. The Labute approximate surface area is 424 Å². The second-order valence-electron chi connectivity index (χ2n) is 20.3. The Bertz CT molecular complexity index is 3820. The van der Waals surface area contributed by atoms with E-state index in [0.29, 0.717) is 0 Å². The molecule has 0 saturated carbocycles. The maximum atomic E-state index is 7.39. The number of allylic oxidation sites excluding steroid dienone is 5. The minimum atomic E-state index is -0.335. The Hall–Kier alpha value is -7.82. The fourth-order valence-corrected chi connectivity index (χ4v) is 11.2. The van der Waals surface area contributed by atoms with Crippen molar-refractivity contribution in [2.75, 3.05) is 0 Å². The predicted octanol–water partition coefficient (Wildman–Crippen LogP) is 19.7. The lowest BCUT2D eigenvalue weighted by Crippen LogP contribution is -2.32. The van der Waals surface area contributed by atoms with Crippen LogP contribution in [0.15, 0.2) is 199 Å². The highest BCUT2D eigenvalue weighted by atomic mass is 16.5. The number of nitrogens with zero attached hydrogens (tertiary/aromatic N) is 2. The molecule has 0 radical (unpaired) electrons. The van der Waals surface area contributed by atoms with Crippen LogP contribution in [0, 0.1) is 0 Å². The number of para-hydroxylation sites is 4. The second-order valence-corrected chi connectivity index (χ2v) is 20.3. The third-order valence-electron chi connectivity index (χ3n) is 15.9. The molecule has 0 spiro atoms. The first kappa shape index (κ1) is 46.6. The predicted molar refractivity (Wildman–Crippen MR) is 309 cm³/mol. The first-order chi connectivity index (χ1) is 35.0. The zero-order valence-corrected chi connectivity index (χ0v) is 42.9. The molecule has 0 aliphatic rings.